The number of sulfone groups is 1. The van der Waals surface area contributed by atoms with Gasteiger partial charge in [-0.05, 0) is 24.5 Å². The molecule has 0 saturated carbocycles. The monoisotopic (exact) mass is 345 g/mol. The van der Waals surface area contributed by atoms with Gasteiger partial charge in [0.05, 0.1) is 22.6 Å². The van der Waals surface area contributed by atoms with Crippen LogP contribution in [0.25, 0.3) is 0 Å². The van der Waals surface area contributed by atoms with Crippen LogP contribution in [0, 0.1) is 0 Å². The Morgan fingerprint density at radius 2 is 2.00 bits per heavy atom. The molecule has 0 radical (unpaired) electrons. The topological polar surface area (TPSA) is 46.6 Å². The quantitative estimate of drug-likeness (QED) is 0.822. The number of nitrogens with zero attached hydrogens (tertiary/aromatic N) is 1. The van der Waals surface area contributed by atoms with Gasteiger partial charge in [-0.15, -0.1) is 0 Å². The minimum Gasteiger partial charge on any atom is -0.495 e. The summed E-state index contributed by atoms with van der Waals surface area (Å²) in [5.74, 6) is 0.872. The first-order valence-corrected chi connectivity index (χ1v) is 9.68. The molecule has 0 atom stereocenters. The predicted octanol–water partition coefficient (Wildman–Crippen LogP) is 3.14. The molecule has 1 aromatic rings. The number of rotatable bonds is 5. The Morgan fingerprint density at radius 1 is 1.32 bits per heavy atom. The van der Waals surface area contributed by atoms with Gasteiger partial charge in [0.2, 0.25) is 0 Å². The fraction of sp³-hybridized carbons (Fsp3) is 0.625. The molecule has 124 valence electrons. The van der Waals surface area contributed by atoms with Gasteiger partial charge >= 0.3 is 0 Å². The standard InChI is InChI=1S/C16H24ClNO3S/c1-4-16(5-2)12-18(9-10-22(16,19)20)11-13-7-6-8-14(21-3)15(13)17/h6-8H,4-5,9-12H2,1-3H3. The van der Waals surface area contributed by atoms with E-state index in [2.05, 4.69) is 4.90 Å². The van der Waals surface area contributed by atoms with Crippen LogP contribution >= 0.6 is 11.6 Å². The lowest BCUT2D eigenvalue weighted by Crippen LogP contribution is -2.55. The Kier molecular flexibility index (Phi) is 5.41. The summed E-state index contributed by atoms with van der Waals surface area (Å²) in [4.78, 5) is 2.19. The zero-order chi connectivity index (χ0) is 16.4. The molecule has 0 aromatic heterocycles. The lowest BCUT2D eigenvalue weighted by molar-refractivity contribution is 0.221. The molecule has 0 aliphatic carbocycles. The van der Waals surface area contributed by atoms with Gasteiger partial charge in [-0.2, -0.15) is 0 Å². The van der Waals surface area contributed by atoms with Crippen LogP contribution < -0.4 is 4.74 Å². The zero-order valence-electron chi connectivity index (χ0n) is 13.4. The number of hydrogen-bond acceptors (Lipinski definition) is 4. The molecular formula is C16H24ClNO3S. The lowest BCUT2D eigenvalue weighted by atomic mass is 10.0. The average molecular weight is 346 g/mol. The lowest BCUT2D eigenvalue weighted by Gasteiger charge is -2.41. The molecule has 1 heterocycles. The van der Waals surface area contributed by atoms with E-state index in [4.69, 9.17) is 16.3 Å². The van der Waals surface area contributed by atoms with E-state index in [1.807, 2.05) is 32.0 Å². The summed E-state index contributed by atoms with van der Waals surface area (Å²) >= 11 is 6.35. The average Bonchev–Trinajstić information content (AvgIpc) is 2.51. The van der Waals surface area contributed by atoms with Gasteiger partial charge < -0.3 is 4.74 Å². The van der Waals surface area contributed by atoms with Crippen LogP contribution in [0.1, 0.15) is 32.3 Å². The van der Waals surface area contributed by atoms with Gasteiger partial charge in [-0.25, -0.2) is 8.42 Å². The summed E-state index contributed by atoms with van der Waals surface area (Å²) in [7, 11) is -1.44. The Hall–Kier alpha value is -0.780. The molecular weight excluding hydrogens is 322 g/mol. The highest BCUT2D eigenvalue weighted by Crippen LogP contribution is 2.34. The van der Waals surface area contributed by atoms with Crippen molar-refractivity contribution < 1.29 is 13.2 Å². The van der Waals surface area contributed by atoms with E-state index in [0.717, 1.165) is 5.56 Å². The molecule has 0 N–H and O–H groups in total. The highest BCUT2D eigenvalue weighted by atomic mass is 35.5. The van der Waals surface area contributed by atoms with E-state index >= 15 is 0 Å². The maximum absolute atomic E-state index is 12.5. The minimum absolute atomic E-state index is 0.219. The van der Waals surface area contributed by atoms with E-state index < -0.39 is 14.6 Å². The molecule has 1 fully saturated rings. The van der Waals surface area contributed by atoms with Gasteiger partial charge in [0.1, 0.15) is 5.75 Å². The molecule has 1 aliphatic heterocycles. The summed E-state index contributed by atoms with van der Waals surface area (Å²) < 4.78 is 29.5. The first-order chi connectivity index (χ1) is 10.4. The largest absolute Gasteiger partial charge is 0.495 e. The molecule has 0 bridgehead atoms. The van der Waals surface area contributed by atoms with E-state index in [1.54, 1.807) is 7.11 Å². The van der Waals surface area contributed by atoms with Crippen LogP contribution in [-0.4, -0.2) is 44.0 Å². The molecule has 4 nitrogen and oxygen atoms in total. The maximum atomic E-state index is 12.5. The van der Waals surface area contributed by atoms with Crippen molar-refractivity contribution >= 4 is 21.4 Å². The van der Waals surface area contributed by atoms with Crippen molar-refractivity contribution in [2.24, 2.45) is 0 Å². The molecule has 0 unspecified atom stereocenters. The van der Waals surface area contributed by atoms with Gasteiger partial charge in [-0.3, -0.25) is 4.90 Å². The van der Waals surface area contributed by atoms with E-state index in [0.29, 0.717) is 43.2 Å². The first kappa shape index (κ1) is 17.6. The third-order valence-corrected chi connectivity index (χ3v) is 7.97. The fourth-order valence-corrected chi connectivity index (χ4v) is 5.63. The molecule has 1 saturated heterocycles. The number of hydrogen-bond donors (Lipinski definition) is 0. The molecule has 6 heteroatoms. The molecule has 1 aliphatic rings. The fourth-order valence-electron chi connectivity index (χ4n) is 3.18. The van der Waals surface area contributed by atoms with Crippen molar-refractivity contribution in [2.45, 2.75) is 38.0 Å². The molecule has 22 heavy (non-hydrogen) atoms. The SMILES string of the molecule is CCC1(CC)CN(Cc2cccc(OC)c2Cl)CCS1(=O)=O. The van der Waals surface area contributed by atoms with E-state index in [-0.39, 0.29) is 5.75 Å². The summed E-state index contributed by atoms with van der Waals surface area (Å²) in [5, 5.41) is 0.608. The summed E-state index contributed by atoms with van der Waals surface area (Å²) in [6.07, 6.45) is 1.29. The van der Waals surface area contributed by atoms with Gasteiger partial charge in [0, 0.05) is 19.6 Å². The minimum atomic E-state index is -3.03. The number of methoxy groups -OCH3 is 1. The first-order valence-electron chi connectivity index (χ1n) is 7.65. The van der Waals surface area contributed by atoms with Crippen LogP contribution in [-0.2, 0) is 16.4 Å². The highest BCUT2D eigenvalue weighted by molar-refractivity contribution is 7.92. The highest BCUT2D eigenvalue weighted by Gasteiger charge is 2.45. The molecule has 2 rings (SSSR count). The Morgan fingerprint density at radius 3 is 2.59 bits per heavy atom. The summed E-state index contributed by atoms with van der Waals surface area (Å²) in [6, 6.07) is 5.70. The second kappa shape index (κ2) is 6.77. The maximum Gasteiger partial charge on any atom is 0.158 e. The Bertz CT molecular complexity index is 626. The third-order valence-electron chi connectivity index (χ3n) is 4.79. The zero-order valence-corrected chi connectivity index (χ0v) is 15.0. The van der Waals surface area contributed by atoms with Gasteiger partial charge in [0.25, 0.3) is 0 Å². The van der Waals surface area contributed by atoms with Crippen LogP contribution in [0.3, 0.4) is 0 Å². The van der Waals surface area contributed by atoms with Crippen molar-refractivity contribution in [3.8, 4) is 5.75 Å². The number of ether oxygens (including phenoxy) is 1. The Balaban J connectivity index is 2.22. The summed E-state index contributed by atoms with van der Waals surface area (Å²) in [6.45, 7) is 5.69. The summed E-state index contributed by atoms with van der Waals surface area (Å²) in [5.41, 5.74) is 0.974. The van der Waals surface area contributed by atoms with Crippen molar-refractivity contribution in [3.63, 3.8) is 0 Å². The van der Waals surface area contributed by atoms with Crippen LogP contribution in [0.5, 0.6) is 5.75 Å². The normalized spacial score (nSPS) is 20.7. The third kappa shape index (κ3) is 3.12. The second-order valence-electron chi connectivity index (χ2n) is 5.85. The van der Waals surface area contributed by atoms with Crippen molar-refractivity contribution in [1.82, 2.24) is 4.90 Å². The Labute approximate surface area is 138 Å². The van der Waals surface area contributed by atoms with Gasteiger partial charge in [-0.1, -0.05) is 37.6 Å². The second-order valence-corrected chi connectivity index (χ2v) is 8.73. The predicted molar refractivity (Wildman–Crippen MR) is 90.4 cm³/mol. The van der Waals surface area contributed by atoms with Crippen LogP contribution in [0.2, 0.25) is 5.02 Å². The van der Waals surface area contributed by atoms with E-state index in [1.165, 1.54) is 0 Å². The smallest absolute Gasteiger partial charge is 0.158 e. The van der Waals surface area contributed by atoms with Crippen molar-refractivity contribution in [2.75, 3.05) is 26.0 Å². The van der Waals surface area contributed by atoms with E-state index in [9.17, 15) is 8.42 Å². The van der Waals surface area contributed by atoms with Gasteiger partial charge in [0.15, 0.2) is 9.84 Å². The van der Waals surface area contributed by atoms with Crippen molar-refractivity contribution in [1.29, 1.82) is 0 Å². The molecule has 0 amide bonds. The van der Waals surface area contributed by atoms with Crippen LogP contribution in [0.4, 0.5) is 0 Å². The van der Waals surface area contributed by atoms with Crippen LogP contribution in [0.15, 0.2) is 18.2 Å². The number of halogens is 1. The number of benzene rings is 1. The van der Waals surface area contributed by atoms with Crippen molar-refractivity contribution in [3.05, 3.63) is 28.8 Å². The molecule has 0 spiro atoms. The molecule has 1 aromatic carbocycles.